The predicted octanol–water partition coefficient (Wildman–Crippen LogP) is 5.15. The number of likely N-dealkylation sites (N-methyl/N-ethyl adjacent to an activating group) is 1. The number of amides is 2. The molecule has 1 aliphatic heterocycles. The molecule has 0 N–H and O–H groups in total. The smallest absolute Gasteiger partial charge is 0.278 e. The number of benzene rings is 2. The second kappa shape index (κ2) is 9.46. The van der Waals surface area contributed by atoms with Crippen molar-refractivity contribution in [2.24, 2.45) is 0 Å². The van der Waals surface area contributed by atoms with Gasteiger partial charge in [0, 0.05) is 19.1 Å². The van der Waals surface area contributed by atoms with E-state index >= 15 is 0 Å². The van der Waals surface area contributed by atoms with Crippen LogP contribution in [0.2, 0.25) is 0 Å². The summed E-state index contributed by atoms with van der Waals surface area (Å²) in [4.78, 5) is 30.8. The number of carbonyl (C=O) groups excluding carboxylic acids is 2. The molecule has 0 unspecified atom stereocenters. The quantitative estimate of drug-likeness (QED) is 0.479. The van der Waals surface area contributed by atoms with Gasteiger partial charge in [0.25, 0.3) is 11.8 Å². The number of nitrogens with zero attached hydrogens (tertiary/aromatic N) is 2. The Labute approximate surface area is 183 Å². The van der Waals surface area contributed by atoms with Crippen LogP contribution in [0.4, 0.5) is 4.39 Å². The van der Waals surface area contributed by atoms with Gasteiger partial charge >= 0.3 is 0 Å². The van der Waals surface area contributed by atoms with Crippen molar-refractivity contribution >= 4 is 17.4 Å². The standard InChI is InChI=1S/C26H29FN2O2/c1-2-28(18-19-10-6-5-7-11-19)24-23(20-14-16-21(27)17-15-20)25(30)29(26(24)31)22-12-8-3-4-9-13-22/h5-7,10-11,14-17,22H,2-4,8-9,12-13,18H2,1H3. The lowest BCUT2D eigenvalue weighted by molar-refractivity contribution is -0.140. The van der Waals surface area contributed by atoms with Crippen molar-refractivity contribution in [1.82, 2.24) is 9.80 Å². The number of halogens is 1. The molecular weight excluding hydrogens is 391 g/mol. The summed E-state index contributed by atoms with van der Waals surface area (Å²) in [6, 6.07) is 15.8. The molecule has 31 heavy (non-hydrogen) atoms. The third kappa shape index (κ3) is 4.41. The summed E-state index contributed by atoms with van der Waals surface area (Å²) < 4.78 is 13.6. The minimum atomic E-state index is -0.361. The molecule has 4 rings (SSSR count). The van der Waals surface area contributed by atoms with E-state index in [9.17, 15) is 14.0 Å². The summed E-state index contributed by atoms with van der Waals surface area (Å²) in [5, 5.41) is 0. The molecule has 4 nitrogen and oxygen atoms in total. The van der Waals surface area contributed by atoms with E-state index in [1.54, 1.807) is 12.1 Å². The van der Waals surface area contributed by atoms with Gasteiger partial charge in [0.1, 0.15) is 11.5 Å². The van der Waals surface area contributed by atoms with Crippen molar-refractivity contribution in [3.63, 3.8) is 0 Å². The first-order chi connectivity index (χ1) is 15.1. The number of hydrogen-bond donors (Lipinski definition) is 0. The fraction of sp³-hybridized carbons (Fsp3) is 0.385. The number of rotatable bonds is 6. The molecule has 0 spiro atoms. The normalized spacial score (nSPS) is 17.9. The monoisotopic (exact) mass is 420 g/mol. The fourth-order valence-corrected chi connectivity index (χ4v) is 4.71. The van der Waals surface area contributed by atoms with Crippen molar-refractivity contribution in [2.75, 3.05) is 6.54 Å². The van der Waals surface area contributed by atoms with E-state index in [4.69, 9.17) is 0 Å². The van der Waals surface area contributed by atoms with Crippen molar-refractivity contribution in [3.05, 3.63) is 77.2 Å². The molecule has 1 saturated carbocycles. The molecule has 162 valence electrons. The zero-order chi connectivity index (χ0) is 21.8. The maximum absolute atomic E-state index is 13.7. The number of imide groups is 1. The molecule has 2 aliphatic rings. The SMILES string of the molecule is CCN(Cc1ccccc1)C1=C(c2ccc(F)cc2)C(=O)N(C2CCCCCC2)C1=O. The molecule has 0 radical (unpaired) electrons. The van der Waals surface area contributed by atoms with Crippen molar-refractivity contribution in [1.29, 1.82) is 0 Å². The summed E-state index contributed by atoms with van der Waals surface area (Å²) >= 11 is 0. The Hall–Kier alpha value is -2.95. The molecule has 1 aliphatic carbocycles. The number of carbonyl (C=O) groups is 2. The van der Waals surface area contributed by atoms with Crippen LogP contribution in [0.25, 0.3) is 5.57 Å². The maximum atomic E-state index is 13.7. The Morgan fingerprint density at radius 3 is 2.16 bits per heavy atom. The first-order valence-corrected chi connectivity index (χ1v) is 11.3. The van der Waals surface area contributed by atoms with Gasteiger partial charge in [-0.3, -0.25) is 14.5 Å². The molecule has 0 atom stereocenters. The van der Waals surface area contributed by atoms with Gasteiger partial charge in [-0.05, 0) is 43.0 Å². The summed E-state index contributed by atoms with van der Waals surface area (Å²) in [5.41, 5.74) is 2.50. The minimum Gasteiger partial charge on any atom is -0.362 e. The van der Waals surface area contributed by atoms with Gasteiger partial charge in [0.15, 0.2) is 0 Å². The molecule has 0 aromatic heterocycles. The molecule has 2 aromatic rings. The zero-order valence-corrected chi connectivity index (χ0v) is 18.0. The molecule has 0 bridgehead atoms. The molecule has 1 heterocycles. The molecule has 2 amide bonds. The van der Waals surface area contributed by atoms with Gasteiger partial charge in [-0.1, -0.05) is 68.1 Å². The van der Waals surface area contributed by atoms with Crippen LogP contribution >= 0.6 is 0 Å². The van der Waals surface area contributed by atoms with E-state index < -0.39 is 0 Å². The van der Waals surface area contributed by atoms with Crippen LogP contribution in [0.15, 0.2) is 60.3 Å². The Balaban J connectivity index is 1.76. The Kier molecular flexibility index (Phi) is 6.50. The Bertz CT molecular complexity index is 961. The lowest BCUT2D eigenvalue weighted by Gasteiger charge is -2.28. The molecule has 1 fully saturated rings. The van der Waals surface area contributed by atoms with E-state index in [2.05, 4.69) is 0 Å². The van der Waals surface area contributed by atoms with Crippen LogP contribution < -0.4 is 0 Å². The highest BCUT2D eigenvalue weighted by Gasteiger charge is 2.44. The summed E-state index contributed by atoms with van der Waals surface area (Å²) in [6.45, 7) is 3.12. The van der Waals surface area contributed by atoms with E-state index in [1.165, 1.54) is 17.0 Å². The maximum Gasteiger partial charge on any atom is 0.278 e. The summed E-state index contributed by atoms with van der Waals surface area (Å²) in [5.74, 6) is -0.820. The highest BCUT2D eigenvalue weighted by atomic mass is 19.1. The van der Waals surface area contributed by atoms with Crippen molar-refractivity contribution in [2.45, 2.75) is 58.0 Å². The Morgan fingerprint density at radius 1 is 0.903 bits per heavy atom. The van der Waals surface area contributed by atoms with Gasteiger partial charge in [0.2, 0.25) is 0 Å². The van der Waals surface area contributed by atoms with E-state index in [-0.39, 0.29) is 23.7 Å². The van der Waals surface area contributed by atoms with E-state index in [1.807, 2.05) is 42.2 Å². The first-order valence-electron chi connectivity index (χ1n) is 11.3. The minimum absolute atomic E-state index is 0.0640. The fourth-order valence-electron chi connectivity index (χ4n) is 4.71. The van der Waals surface area contributed by atoms with Crippen molar-refractivity contribution < 1.29 is 14.0 Å². The van der Waals surface area contributed by atoms with Crippen LogP contribution in [0.1, 0.15) is 56.6 Å². The number of hydrogen-bond acceptors (Lipinski definition) is 3. The second-order valence-electron chi connectivity index (χ2n) is 8.36. The van der Waals surface area contributed by atoms with E-state index in [0.717, 1.165) is 44.1 Å². The molecule has 0 saturated heterocycles. The van der Waals surface area contributed by atoms with Crippen LogP contribution in [0.5, 0.6) is 0 Å². The van der Waals surface area contributed by atoms with Gasteiger partial charge in [-0.2, -0.15) is 0 Å². The average molecular weight is 421 g/mol. The Morgan fingerprint density at radius 2 is 1.55 bits per heavy atom. The van der Waals surface area contributed by atoms with Crippen LogP contribution in [-0.2, 0) is 16.1 Å². The van der Waals surface area contributed by atoms with Crippen LogP contribution in [-0.4, -0.2) is 34.2 Å². The van der Waals surface area contributed by atoms with Gasteiger partial charge < -0.3 is 4.90 Å². The summed E-state index contributed by atoms with van der Waals surface area (Å²) in [7, 11) is 0. The molecule has 2 aromatic carbocycles. The highest BCUT2D eigenvalue weighted by molar-refractivity contribution is 6.35. The molecular formula is C26H29FN2O2. The van der Waals surface area contributed by atoms with Crippen molar-refractivity contribution in [3.8, 4) is 0 Å². The largest absolute Gasteiger partial charge is 0.362 e. The van der Waals surface area contributed by atoms with Crippen LogP contribution in [0, 0.1) is 5.82 Å². The van der Waals surface area contributed by atoms with Gasteiger partial charge in [-0.15, -0.1) is 0 Å². The van der Waals surface area contributed by atoms with Gasteiger partial charge in [0.05, 0.1) is 5.57 Å². The van der Waals surface area contributed by atoms with Gasteiger partial charge in [-0.25, -0.2) is 4.39 Å². The van der Waals surface area contributed by atoms with Crippen LogP contribution in [0.3, 0.4) is 0 Å². The third-order valence-corrected chi connectivity index (χ3v) is 6.33. The summed E-state index contributed by atoms with van der Waals surface area (Å²) in [6.07, 6.45) is 6.06. The topological polar surface area (TPSA) is 40.6 Å². The lowest BCUT2D eigenvalue weighted by atomic mass is 10.0. The first kappa shape index (κ1) is 21.3. The third-order valence-electron chi connectivity index (χ3n) is 6.33. The predicted molar refractivity (Wildman–Crippen MR) is 119 cm³/mol. The molecule has 5 heteroatoms. The second-order valence-corrected chi connectivity index (χ2v) is 8.36. The average Bonchev–Trinajstić information content (AvgIpc) is 2.95. The van der Waals surface area contributed by atoms with E-state index in [0.29, 0.717) is 29.9 Å². The lowest BCUT2D eigenvalue weighted by Crippen LogP contribution is -2.42. The highest BCUT2D eigenvalue weighted by Crippen LogP contribution is 2.36. The zero-order valence-electron chi connectivity index (χ0n) is 18.0.